The van der Waals surface area contributed by atoms with E-state index in [0.29, 0.717) is 11.1 Å². The number of sulfone groups is 1. The molecule has 0 saturated heterocycles. The van der Waals surface area contributed by atoms with Gasteiger partial charge in [-0.2, -0.15) is 13.2 Å². The summed E-state index contributed by atoms with van der Waals surface area (Å²) in [7, 11) is -3.65. The van der Waals surface area contributed by atoms with Crippen molar-refractivity contribution in [3.05, 3.63) is 69.7 Å². The van der Waals surface area contributed by atoms with Gasteiger partial charge < -0.3 is 5.32 Å². The number of carbonyl (C=O) groups is 1. The molecule has 1 N–H and O–H groups in total. The predicted molar refractivity (Wildman–Crippen MR) is 94.9 cm³/mol. The first kappa shape index (κ1) is 20.4. The highest BCUT2D eigenvalue weighted by atomic mass is 79.9. The van der Waals surface area contributed by atoms with Crippen molar-refractivity contribution < 1.29 is 26.4 Å². The lowest BCUT2D eigenvalue weighted by Crippen LogP contribution is -2.30. The van der Waals surface area contributed by atoms with Crippen LogP contribution in [0.5, 0.6) is 0 Å². The third-order valence-corrected chi connectivity index (χ3v) is 5.43. The van der Waals surface area contributed by atoms with Crippen LogP contribution in [-0.2, 0) is 33.1 Å². The number of alkyl halides is 3. The fraction of sp³-hybridized carbons (Fsp3) is 0.235. The average Bonchev–Trinajstić information content (AvgIpc) is 2.54. The number of nitrogens with one attached hydrogen (secondary N) is 1. The molecule has 2 rings (SSSR count). The summed E-state index contributed by atoms with van der Waals surface area (Å²) in [5.41, 5.74) is 0.213. The molecule has 0 radical (unpaired) electrons. The number of benzene rings is 2. The summed E-state index contributed by atoms with van der Waals surface area (Å²) in [5.74, 6) is -1.67. The quantitative estimate of drug-likeness (QED) is 0.730. The van der Waals surface area contributed by atoms with Gasteiger partial charge in [-0.1, -0.05) is 40.2 Å². The largest absolute Gasteiger partial charge is 0.416 e. The van der Waals surface area contributed by atoms with Gasteiger partial charge in [0.05, 0.1) is 11.3 Å². The van der Waals surface area contributed by atoms with Crippen LogP contribution in [-0.4, -0.2) is 20.1 Å². The van der Waals surface area contributed by atoms with E-state index < -0.39 is 33.2 Å². The molecule has 0 heterocycles. The predicted octanol–water partition coefficient (Wildman–Crippen LogP) is 3.70. The summed E-state index contributed by atoms with van der Waals surface area (Å²) in [6, 6.07) is 11.0. The SMILES string of the molecule is O=C(CS(=O)(=O)Cc1ccc(Br)cc1)NCc1ccc(C(F)(F)F)cc1. The molecule has 26 heavy (non-hydrogen) atoms. The van der Waals surface area contributed by atoms with E-state index in [9.17, 15) is 26.4 Å². The lowest BCUT2D eigenvalue weighted by Gasteiger charge is -2.09. The first-order chi connectivity index (χ1) is 12.0. The molecule has 0 saturated carbocycles. The molecule has 2 aromatic carbocycles. The first-order valence-electron chi connectivity index (χ1n) is 7.43. The van der Waals surface area contributed by atoms with Crippen molar-refractivity contribution in [3.63, 3.8) is 0 Å². The molecule has 0 aliphatic rings. The minimum Gasteiger partial charge on any atom is -0.351 e. The Balaban J connectivity index is 1.88. The number of carbonyl (C=O) groups excluding carboxylic acids is 1. The zero-order valence-corrected chi connectivity index (χ0v) is 15.8. The Morgan fingerprint density at radius 3 is 2.04 bits per heavy atom. The molecule has 2 aromatic rings. The molecule has 0 aliphatic heterocycles. The summed E-state index contributed by atoms with van der Waals surface area (Å²) in [5, 5.41) is 2.40. The van der Waals surface area contributed by atoms with Crippen LogP contribution in [0.3, 0.4) is 0 Å². The fourth-order valence-electron chi connectivity index (χ4n) is 2.15. The Morgan fingerprint density at radius 2 is 1.50 bits per heavy atom. The highest BCUT2D eigenvalue weighted by Gasteiger charge is 2.29. The molecule has 0 unspecified atom stereocenters. The zero-order chi connectivity index (χ0) is 19.4. The lowest BCUT2D eigenvalue weighted by atomic mass is 10.1. The summed E-state index contributed by atoms with van der Waals surface area (Å²) in [6.45, 7) is -0.0508. The Morgan fingerprint density at radius 1 is 0.962 bits per heavy atom. The minimum absolute atomic E-state index is 0.0508. The second-order valence-corrected chi connectivity index (χ2v) is 8.61. The Bertz CT molecular complexity index is 864. The molecular formula is C17H15BrF3NO3S. The second-order valence-electron chi connectivity index (χ2n) is 5.63. The van der Waals surface area contributed by atoms with Crippen LogP contribution in [0, 0.1) is 0 Å². The van der Waals surface area contributed by atoms with E-state index in [1.807, 2.05) is 0 Å². The summed E-state index contributed by atoms with van der Waals surface area (Å²) >= 11 is 3.25. The van der Waals surface area contributed by atoms with Gasteiger partial charge in [-0.15, -0.1) is 0 Å². The van der Waals surface area contributed by atoms with Gasteiger partial charge in [0, 0.05) is 11.0 Å². The van der Waals surface area contributed by atoms with Crippen LogP contribution in [0.4, 0.5) is 13.2 Å². The van der Waals surface area contributed by atoms with Crippen LogP contribution >= 0.6 is 15.9 Å². The molecule has 140 valence electrons. The maximum atomic E-state index is 12.5. The van der Waals surface area contributed by atoms with E-state index in [2.05, 4.69) is 21.2 Å². The van der Waals surface area contributed by atoms with E-state index >= 15 is 0 Å². The van der Waals surface area contributed by atoms with Crippen LogP contribution in [0.15, 0.2) is 53.0 Å². The van der Waals surface area contributed by atoms with Gasteiger partial charge in [-0.05, 0) is 35.4 Å². The van der Waals surface area contributed by atoms with Gasteiger partial charge in [0.2, 0.25) is 5.91 Å². The van der Waals surface area contributed by atoms with Gasteiger partial charge in [0.15, 0.2) is 9.84 Å². The zero-order valence-electron chi connectivity index (χ0n) is 13.4. The number of halogens is 4. The third-order valence-electron chi connectivity index (χ3n) is 3.42. The highest BCUT2D eigenvalue weighted by molar-refractivity contribution is 9.10. The molecule has 0 spiro atoms. The van der Waals surface area contributed by atoms with Crippen molar-refractivity contribution in [1.29, 1.82) is 0 Å². The maximum absolute atomic E-state index is 12.5. The second kappa shape index (κ2) is 8.22. The van der Waals surface area contributed by atoms with Crippen molar-refractivity contribution in [2.75, 3.05) is 5.75 Å². The molecule has 9 heteroatoms. The van der Waals surface area contributed by atoms with Crippen molar-refractivity contribution in [2.45, 2.75) is 18.5 Å². The molecular weight excluding hydrogens is 435 g/mol. The van der Waals surface area contributed by atoms with Gasteiger partial charge in [-0.3, -0.25) is 4.79 Å². The fourth-order valence-corrected chi connectivity index (χ4v) is 3.72. The summed E-state index contributed by atoms with van der Waals surface area (Å²) < 4.78 is 62.4. The van der Waals surface area contributed by atoms with Crippen molar-refractivity contribution >= 4 is 31.7 Å². The monoisotopic (exact) mass is 449 g/mol. The van der Waals surface area contributed by atoms with E-state index in [1.54, 1.807) is 24.3 Å². The third kappa shape index (κ3) is 6.45. The standard InChI is InChI=1S/C17H15BrF3NO3S/c18-15-7-3-13(4-8-15)10-26(24,25)11-16(23)22-9-12-1-5-14(6-2-12)17(19,20)21/h1-8H,9-11H2,(H,22,23). The Kier molecular flexibility index (Phi) is 6.46. The van der Waals surface area contributed by atoms with Crippen LogP contribution in [0.1, 0.15) is 16.7 Å². The normalized spacial score (nSPS) is 12.0. The molecule has 0 aliphatic carbocycles. The molecule has 0 atom stereocenters. The smallest absolute Gasteiger partial charge is 0.351 e. The minimum atomic E-state index is -4.43. The first-order valence-corrected chi connectivity index (χ1v) is 10.0. The van der Waals surface area contributed by atoms with Gasteiger partial charge in [-0.25, -0.2) is 8.42 Å². The molecule has 0 aromatic heterocycles. The highest BCUT2D eigenvalue weighted by Crippen LogP contribution is 2.29. The van der Waals surface area contributed by atoms with E-state index in [0.717, 1.165) is 16.6 Å². The maximum Gasteiger partial charge on any atom is 0.416 e. The number of rotatable bonds is 6. The van der Waals surface area contributed by atoms with Crippen LogP contribution in [0.25, 0.3) is 0 Å². The lowest BCUT2D eigenvalue weighted by molar-refractivity contribution is -0.137. The summed E-state index contributed by atoms with van der Waals surface area (Å²) in [6.07, 6.45) is -4.43. The molecule has 4 nitrogen and oxygen atoms in total. The van der Waals surface area contributed by atoms with E-state index in [1.165, 1.54) is 12.1 Å². The van der Waals surface area contributed by atoms with Gasteiger partial charge in [0.1, 0.15) is 5.75 Å². The van der Waals surface area contributed by atoms with Gasteiger partial charge in [0.25, 0.3) is 0 Å². The number of hydrogen-bond donors (Lipinski definition) is 1. The van der Waals surface area contributed by atoms with Crippen LogP contribution < -0.4 is 5.32 Å². The van der Waals surface area contributed by atoms with E-state index in [4.69, 9.17) is 0 Å². The topological polar surface area (TPSA) is 63.2 Å². The van der Waals surface area contributed by atoms with E-state index in [-0.39, 0.29) is 12.3 Å². The Hall–Kier alpha value is -1.87. The van der Waals surface area contributed by atoms with Crippen molar-refractivity contribution in [2.24, 2.45) is 0 Å². The van der Waals surface area contributed by atoms with Crippen LogP contribution in [0.2, 0.25) is 0 Å². The number of amides is 1. The van der Waals surface area contributed by atoms with Crippen molar-refractivity contribution in [1.82, 2.24) is 5.32 Å². The summed E-state index contributed by atoms with van der Waals surface area (Å²) in [4.78, 5) is 11.8. The number of hydrogen-bond acceptors (Lipinski definition) is 3. The van der Waals surface area contributed by atoms with Crippen molar-refractivity contribution in [3.8, 4) is 0 Å². The molecule has 0 bridgehead atoms. The average molecular weight is 450 g/mol. The molecule has 1 amide bonds. The molecule has 0 fully saturated rings. The van der Waals surface area contributed by atoms with Gasteiger partial charge >= 0.3 is 6.18 Å². The Labute approximate surface area is 157 Å².